The zero-order valence-electron chi connectivity index (χ0n) is 11.7. The van der Waals surface area contributed by atoms with E-state index < -0.39 is 0 Å². The summed E-state index contributed by atoms with van der Waals surface area (Å²) in [5.41, 5.74) is 1.99. The highest BCUT2D eigenvalue weighted by atomic mass is 35.5. The lowest BCUT2D eigenvalue weighted by Crippen LogP contribution is -1.89. The van der Waals surface area contributed by atoms with Crippen LogP contribution in [0, 0.1) is 0 Å². The molecule has 0 aliphatic rings. The van der Waals surface area contributed by atoms with Crippen molar-refractivity contribution in [2.75, 3.05) is 7.11 Å². The predicted octanol–water partition coefficient (Wildman–Crippen LogP) is 5.28. The Morgan fingerprint density at radius 2 is 1.67 bits per heavy atom. The molecule has 0 saturated heterocycles. The van der Waals surface area contributed by atoms with Crippen molar-refractivity contribution in [3.63, 3.8) is 0 Å². The molecule has 0 fully saturated rings. The first-order chi connectivity index (χ1) is 10.2. The highest BCUT2D eigenvalue weighted by Gasteiger charge is 2.02. The number of benzene rings is 2. The predicted molar refractivity (Wildman–Crippen MR) is 87.1 cm³/mol. The lowest BCUT2D eigenvalue weighted by atomic mass is 10.1. The van der Waals surface area contributed by atoms with E-state index in [0.717, 1.165) is 16.9 Å². The second-order valence-electron chi connectivity index (χ2n) is 4.44. The maximum absolute atomic E-state index is 6.10. The first-order valence-corrected chi connectivity index (χ1v) is 7.28. The van der Waals surface area contributed by atoms with Gasteiger partial charge < -0.3 is 9.47 Å². The van der Waals surface area contributed by atoms with Crippen LogP contribution in [0.4, 0.5) is 0 Å². The van der Waals surface area contributed by atoms with E-state index in [1.807, 2.05) is 48.5 Å². The van der Waals surface area contributed by atoms with Gasteiger partial charge in [0.1, 0.15) is 12.4 Å². The van der Waals surface area contributed by atoms with Crippen LogP contribution in [0.5, 0.6) is 5.75 Å². The maximum atomic E-state index is 6.10. The van der Waals surface area contributed by atoms with E-state index in [0.29, 0.717) is 23.1 Å². The van der Waals surface area contributed by atoms with Crippen LogP contribution in [-0.2, 0) is 17.8 Å². The fourth-order valence-electron chi connectivity index (χ4n) is 1.83. The monoisotopic (exact) mass is 322 g/mol. The minimum Gasteiger partial charge on any atom is -0.497 e. The van der Waals surface area contributed by atoms with Gasteiger partial charge in [0.15, 0.2) is 0 Å². The molecule has 0 radical (unpaired) electrons. The Kier molecular flexibility index (Phi) is 5.97. The molecule has 2 nitrogen and oxygen atoms in total. The molecular formula is C17H16Cl2O2. The van der Waals surface area contributed by atoms with E-state index in [9.17, 15) is 0 Å². The molecule has 0 amide bonds. The van der Waals surface area contributed by atoms with E-state index in [1.54, 1.807) is 13.4 Å². The first-order valence-electron chi connectivity index (χ1n) is 6.53. The molecule has 0 N–H and O–H groups in total. The van der Waals surface area contributed by atoms with Crippen molar-refractivity contribution in [2.45, 2.75) is 13.0 Å². The minimum absolute atomic E-state index is 0.511. The smallest absolute Gasteiger partial charge is 0.118 e. The van der Waals surface area contributed by atoms with Crippen LogP contribution in [0.3, 0.4) is 0 Å². The third kappa shape index (κ3) is 4.69. The summed E-state index contributed by atoms with van der Waals surface area (Å²) < 4.78 is 10.6. The average molecular weight is 323 g/mol. The van der Waals surface area contributed by atoms with Gasteiger partial charge >= 0.3 is 0 Å². The first kappa shape index (κ1) is 15.7. The Balaban J connectivity index is 1.83. The van der Waals surface area contributed by atoms with Gasteiger partial charge in [-0.25, -0.2) is 0 Å². The van der Waals surface area contributed by atoms with Crippen LogP contribution in [-0.4, -0.2) is 7.11 Å². The van der Waals surface area contributed by atoms with Crippen LogP contribution in [0.25, 0.3) is 0 Å². The van der Waals surface area contributed by atoms with Gasteiger partial charge in [0.05, 0.1) is 13.4 Å². The van der Waals surface area contributed by atoms with Crippen molar-refractivity contribution >= 4 is 23.2 Å². The quantitative estimate of drug-likeness (QED) is 0.674. The number of allylic oxidation sites excluding steroid dienone is 1. The van der Waals surface area contributed by atoms with Gasteiger partial charge in [-0.3, -0.25) is 0 Å². The van der Waals surface area contributed by atoms with E-state index in [4.69, 9.17) is 32.7 Å². The van der Waals surface area contributed by atoms with Gasteiger partial charge in [-0.1, -0.05) is 41.4 Å². The molecule has 2 aromatic carbocycles. The third-order valence-corrected chi connectivity index (χ3v) is 3.69. The zero-order chi connectivity index (χ0) is 15.1. The molecule has 0 spiro atoms. The number of rotatable bonds is 6. The summed E-state index contributed by atoms with van der Waals surface area (Å²) in [5, 5.41) is 1.34. The minimum atomic E-state index is 0.511. The van der Waals surface area contributed by atoms with Crippen LogP contribution in [0.2, 0.25) is 10.0 Å². The lowest BCUT2D eigenvalue weighted by molar-refractivity contribution is 0.235. The van der Waals surface area contributed by atoms with Crippen LogP contribution >= 0.6 is 23.2 Å². The molecule has 0 unspecified atom stereocenters. The molecule has 2 rings (SSSR count). The molecule has 0 saturated carbocycles. The van der Waals surface area contributed by atoms with E-state index in [-0.39, 0.29) is 0 Å². The Labute approximate surface area is 134 Å². The molecule has 0 heterocycles. The number of halogens is 2. The highest BCUT2D eigenvalue weighted by molar-refractivity contribution is 6.36. The van der Waals surface area contributed by atoms with Crippen LogP contribution in [0.15, 0.2) is 54.8 Å². The summed E-state index contributed by atoms with van der Waals surface area (Å²) in [4.78, 5) is 0. The summed E-state index contributed by atoms with van der Waals surface area (Å²) in [6.45, 7) is 0.511. The Morgan fingerprint density at radius 3 is 2.29 bits per heavy atom. The summed E-state index contributed by atoms with van der Waals surface area (Å²) in [5.74, 6) is 0.836. The SMILES string of the molecule is COc1ccc(COC=CCc2c(Cl)cccc2Cl)cc1. The van der Waals surface area contributed by atoms with Gasteiger partial charge in [-0.2, -0.15) is 0 Å². The van der Waals surface area contributed by atoms with Gasteiger partial charge in [0.25, 0.3) is 0 Å². The van der Waals surface area contributed by atoms with Crippen molar-refractivity contribution in [3.8, 4) is 5.75 Å². The third-order valence-electron chi connectivity index (χ3n) is 2.99. The molecule has 0 atom stereocenters. The van der Waals surface area contributed by atoms with Crippen LogP contribution < -0.4 is 4.74 Å². The number of hydrogen-bond donors (Lipinski definition) is 0. The molecule has 0 aliphatic heterocycles. The molecule has 0 aliphatic carbocycles. The van der Waals surface area contributed by atoms with Crippen LogP contribution in [0.1, 0.15) is 11.1 Å². The molecule has 0 bridgehead atoms. The van der Waals surface area contributed by atoms with Crippen molar-refractivity contribution in [1.82, 2.24) is 0 Å². The molecule has 21 heavy (non-hydrogen) atoms. The Bertz CT molecular complexity index is 586. The van der Waals surface area contributed by atoms with Gasteiger partial charge in [0, 0.05) is 10.0 Å². The van der Waals surface area contributed by atoms with Crippen molar-refractivity contribution in [1.29, 1.82) is 0 Å². The summed E-state index contributed by atoms with van der Waals surface area (Å²) in [6.07, 6.45) is 4.21. The molecule has 110 valence electrons. The highest BCUT2D eigenvalue weighted by Crippen LogP contribution is 2.24. The Hall–Kier alpha value is -1.64. The second-order valence-corrected chi connectivity index (χ2v) is 5.25. The molecular weight excluding hydrogens is 307 g/mol. The van der Waals surface area contributed by atoms with Gasteiger partial charge in [-0.05, 0) is 47.9 Å². The number of methoxy groups -OCH3 is 1. The normalized spacial score (nSPS) is 10.8. The van der Waals surface area contributed by atoms with Crippen molar-refractivity contribution in [2.24, 2.45) is 0 Å². The second kappa shape index (κ2) is 7.96. The van der Waals surface area contributed by atoms with E-state index in [1.165, 1.54) is 0 Å². The average Bonchev–Trinajstić information content (AvgIpc) is 2.50. The summed E-state index contributed by atoms with van der Waals surface area (Å²) in [7, 11) is 1.65. The fourth-order valence-corrected chi connectivity index (χ4v) is 2.38. The molecule has 4 heteroatoms. The van der Waals surface area contributed by atoms with E-state index >= 15 is 0 Å². The molecule has 2 aromatic rings. The van der Waals surface area contributed by atoms with Crippen molar-refractivity contribution < 1.29 is 9.47 Å². The Morgan fingerprint density at radius 1 is 1.00 bits per heavy atom. The molecule has 0 aromatic heterocycles. The number of ether oxygens (including phenoxy) is 2. The summed E-state index contributed by atoms with van der Waals surface area (Å²) >= 11 is 12.2. The topological polar surface area (TPSA) is 18.5 Å². The maximum Gasteiger partial charge on any atom is 0.118 e. The largest absolute Gasteiger partial charge is 0.497 e. The summed E-state index contributed by atoms with van der Waals surface area (Å²) in [6, 6.07) is 13.2. The van der Waals surface area contributed by atoms with Crippen molar-refractivity contribution in [3.05, 3.63) is 76.0 Å². The van der Waals surface area contributed by atoms with E-state index in [2.05, 4.69) is 0 Å². The zero-order valence-corrected chi connectivity index (χ0v) is 13.2. The lowest BCUT2D eigenvalue weighted by Gasteiger charge is -2.04. The van der Waals surface area contributed by atoms with Gasteiger partial charge in [0.2, 0.25) is 0 Å². The fraction of sp³-hybridized carbons (Fsp3) is 0.176. The number of hydrogen-bond acceptors (Lipinski definition) is 2. The van der Waals surface area contributed by atoms with Gasteiger partial charge in [-0.15, -0.1) is 0 Å². The standard InChI is InChI=1S/C17H16Cl2O2/c1-20-14-9-7-13(8-10-14)12-21-11-3-4-15-16(18)5-2-6-17(15)19/h2-3,5-11H,4,12H2,1H3.